The van der Waals surface area contributed by atoms with Gasteiger partial charge in [-0.25, -0.2) is 0 Å². The molecule has 1 aromatic carbocycles. The molecule has 1 aromatic rings. The summed E-state index contributed by atoms with van der Waals surface area (Å²) in [4.78, 5) is 25.6. The summed E-state index contributed by atoms with van der Waals surface area (Å²) in [6, 6.07) is 7.36. The Labute approximate surface area is 126 Å². The zero-order valence-corrected chi connectivity index (χ0v) is 13.1. The highest BCUT2D eigenvalue weighted by Crippen LogP contribution is 2.22. The van der Waals surface area contributed by atoms with Gasteiger partial charge in [0.15, 0.2) is 0 Å². The highest BCUT2D eigenvalue weighted by molar-refractivity contribution is 5.85. The molecule has 0 radical (unpaired) electrons. The fourth-order valence-electron chi connectivity index (χ4n) is 2.35. The van der Waals surface area contributed by atoms with Gasteiger partial charge in [-0.2, -0.15) is 0 Å². The van der Waals surface area contributed by atoms with E-state index in [9.17, 15) is 14.7 Å². The molecule has 0 aliphatic carbocycles. The van der Waals surface area contributed by atoms with Crippen molar-refractivity contribution in [3.05, 3.63) is 35.4 Å². The van der Waals surface area contributed by atoms with Crippen molar-refractivity contribution in [3.8, 4) is 0 Å². The molecule has 4 nitrogen and oxygen atoms in total. The first kappa shape index (κ1) is 17.2. The van der Waals surface area contributed by atoms with Gasteiger partial charge in [0.2, 0.25) is 5.91 Å². The van der Waals surface area contributed by atoms with E-state index in [0.29, 0.717) is 18.7 Å². The largest absolute Gasteiger partial charge is 0.481 e. The summed E-state index contributed by atoms with van der Waals surface area (Å²) in [5, 5.41) is 9.42. The number of carbonyl (C=O) groups excluding carboxylic acids is 1. The molecular weight excluding hydrogens is 266 g/mol. The van der Waals surface area contributed by atoms with Crippen LogP contribution in [-0.4, -0.2) is 35.0 Å². The van der Waals surface area contributed by atoms with Gasteiger partial charge in [-0.05, 0) is 25.3 Å². The lowest BCUT2D eigenvalue weighted by Crippen LogP contribution is -2.34. The average Bonchev–Trinajstić information content (AvgIpc) is 2.45. The zero-order chi connectivity index (χ0) is 15.8. The molecule has 0 bridgehead atoms. The molecule has 1 unspecified atom stereocenters. The molecule has 0 spiro atoms. The minimum absolute atomic E-state index is 0.0262. The number of amides is 1. The summed E-state index contributed by atoms with van der Waals surface area (Å²) in [6.45, 7) is 7.37. The van der Waals surface area contributed by atoms with Crippen molar-refractivity contribution in [1.82, 2.24) is 4.90 Å². The van der Waals surface area contributed by atoms with Crippen molar-refractivity contribution in [2.24, 2.45) is 0 Å². The van der Waals surface area contributed by atoms with E-state index in [4.69, 9.17) is 0 Å². The van der Waals surface area contributed by atoms with Crippen LogP contribution in [0, 0.1) is 6.92 Å². The third-order valence-electron chi connectivity index (χ3n) is 3.50. The fraction of sp³-hybridized carbons (Fsp3) is 0.529. The second-order valence-corrected chi connectivity index (χ2v) is 5.39. The Balaban J connectivity index is 2.84. The molecule has 0 saturated heterocycles. The molecule has 0 aliphatic heterocycles. The van der Waals surface area contributed by atoms with E-state index < -0.39 is 11.9 Å². The van der Waals surface area contributed by atoms with Crippen molar-refractivity contribution < 1.29 is 14.7 Å². The second-order valence-electron chi connectivity index (χ2n) is 5.39. The van der Waals surface area contributed by atoms with Crippen LogP contribution < -0.4 is 0 Å². The Bertz CT molecular complexity index is 461. The van der Waals surface area contributed by atoms with Crippen LogP contribution in [-0.2, 0) is 9.59 Å². The van der Waals surface area contributed by atoms with Gasteiger partial charge in [-0.15, -0.1) is 0 Å². The molecule has 116 valence electrons. The summed E-state index contributed by atoms with van der Waals surface area (Å²) in [5.74, 6) is -1.79. The first-order valence-electron chi connectivity index (χ1n) is 7.56. The van der Waals surface area contributed by atoms with Crippen molar-refractivity contribution in [3.63, 3.8) is 0 Å². The van der Waals surface area contributed by atoms with E-state index in [2.05, 4.69) is 0 Å². The molecule has 0 fully saturated rings. The molecule has 0 aromatic heterocycles. The van der Waals surface area contributed by atoms with E-state index >= 15 is 0 Å². The van der Waals surface area contributed by atoms with Crippen LogP contribution in [0.15, 0.2) is 24.3 Å². The fourth-order valence-corrected chi connectivity index (χ4v) is 2.35. The molecule has 4 heteroatoms. The van der Waals surface area contributed by atoms with Crippen molar-refractivity contribution >= 4 is 11.9 Å². The van der Waals surface area contributed by atoms with Crippen LogP contribution in [0.5, 0.6) is 0 Å². The minimum atomic E-state index is -0.944. The van der Waals surface area contributed by atoms with Gasteiger partial charge in [0.25, 0.3) is 0 Å². The SMILES string of the molecule is CCCN(CCC)C(=O)CC(C(=O)O)c1ccc(C)cc1. The lowest BCUT2D eigenvalue weighted by molar-refractivity contribution is -0.142. The number of rotatable bonds is 8. The number of carboxylic acid groups (broad SMARTS) is 1. The quantitative estimate of drug-likeness (QED) is 0.800. The lowest BCUT2D eigenvalue weighted by Gasteiger charge is -2.23. The molecule has 1 atom stereocenters. The Hall–Kier alpha value is -1.84. The van der Waals surface area contributed by atoms with Crippen molar-refractivity contribution in [2.75, 3.05) is 13.1 Å². The number of aryl methyl sites for hydroxylation is 1. The molecule has 0 heterocycles. The van der Waals surface area contributed by atoms with Gasteiger partial charge in [-0.3, -0.25) is 9.59 Å². The van der Waals surface area contributed by atoms with Crippen LogP contribution in [0.25, 0.3) is 0 Å². The van der Waals surface area contributed by atoms with Gasteiger partial charge in [0, 0.05) is 19.5 Å². The third kappa shape index (κ3) is 5.21. The molecular formula is C17H25NO3. The summed E-state index contributed by atoms with van der Waals surface area (Å²) in [5.41, 5.74) is 1.77. The van der Waals surface area contributed by atoms with E-state index in [-0.39, 0.29) is 12.3 Å². The van der Waals surface area contributed by atoms with Crippen LogP contribution >= 0.6 is 0 Å². The normalized spacial score (nSPS) is 12.0. The van der Waals surface area contributed by atoms with Gasteiger partial charge in [0.1, 0.15) is 0 Å². The van der Waals surface area contributed by atoms with E-state index in [1.807, 2.05) is 32.9 Å². The van der Waals surface area contributed by atoms with Crippen LogP contribution in [0.3, 0.4) is 0 Å². The van der Waals surface area contributed by atoms with Crippen LogP contribution in [0.2, 0.25) is 0 Å². The number of carbonyl (C=O) groups is 2. The first-order valence-corrected chi connectivity index (χ1v) is 7.56. The summed E-state index contributed by atoms with van der Waals surface area (Å²) in [7, 11) is 0. The minimum Gasteiger partial charge on any atom is -0.481 e. The first-order chi connectivity index (χ1) is 9.99. The predicted molar refractivity (Wildman–Crippen MR) is 83.3 cm³/mol. The number of carboxylic acids is 1. The maximum Gasteiger partial charge on any atom is 0.311 e. The maximum atomic E-state index is 12.3. The molecule has 1 amide bonds. The summed E-state index contributed by atoms with van der Waals surface area (Å²) >= 11 is 0. The summed E-state index contributed by atoms with van der Waals surface area (Å²) in [6.07, 6.45) is 1.79. The van der Waals surface area contributed by atoms with E-state index in [1.165, 1.54) is 0 Å². The highest BCUT2D eigenvalue weighted by atomic mass is 16.4. The van der Waals surface area contributed by atoms with Gasteiger partial charge < -0.3 is 10.0 Å². The number of hydrogen-bond donors (Lipinski definition) is 1. The third-order valence-corrected chi connectivity index (χ3v) is 3.50. The number of nitrogens with zero attached hydrogens (tertiary/aromatic N) is 1. The van der Waals surface area contributed by atoms with Gasteiger partial charge in [-0.1, -0.05) is 43.7 Å². The number of benzene rings is 1. The zero-order valence-electron chi connectivity index (χ0n) is 13.1. The van der Waals surface area contributed by atoms with E-state index in [0.717, 1.165) is 18.4 Å². The average molecular weight is 291 g/mol. The predicted octanol–water partition coefficient (Wildman–Crippen LogP) is 3.20. The standard InChI is InChI=1S/C17H25NO3/c1-4-10-18(11-5-2)16(19)12-15(17(20)21)14-8-6-13(3)7-9-14/h6-9,15H,4-5,10-12H2,1-3H3,(H,20,21). The van der Waals surface area contributed by atoms with Crippen LogP contribution in [0.1, 0.15) is 50.2 Å². The van der Waals surface area contributed by atoms with E-state index in [1.54, 1.807) is 17.0 Å². The Morgan fingerprint density at radius 3 is 2.05 bits per heavy atom. The maximum absolute atomic E-state index is 12.3. The van der Waals surface area contributed by atoms with Gasteiger partial charge in [0.05, 0.1) is 5.92 Å². The number of hydrogen-bond acceptors (Lipinski definition) is 2. The lowest BCUT2D eigenvalue weighted by atomic mass is 9.94. The smallest absolute Gasteiger partial charge is 0.311 e. The molecule has 0 saturated carbocycles. The van der Waals surface area contributed by atoms with Gasteiger partial charge >= 0.3 is 5.97 Å². The molecule has 21 heavy (non-hydrogen) atoms. The van der Waals surface area contributed by atoms with Crippen LogP contribution in [0.4, 0.5) is 0 Å². The Morgan fingerprint density at radius 2 is 1.62 bits per heavy atom. The molecule has 0 aliphatic rings. The monoisotopic (exact) mass is 291 g/mol. The molecule has 1 N–H and O–H groups in total. The topological polar surface area (TPSA) is 57.6 Å². The van der Waals surface area contributed by atoms with Crippen molar-refractivity contribution in [1.29, 1.82) is 0 Å². The Kier molecular flexibility index (Phi) is 6.92. The van der Waals surface area contributed by atoms with Crippen molar-refractivity contribution in [2.45, 2.75) is 46.0 Å². The molecule has 1 rings (SSSR count). The number of aliphatic carboxylic acids is 1. The Morgan fingerprint density at radius 1 is 1.10 bits per heavy atom. The highest BCUT2D eigenvalue weighted by Gasteiger charge is 2.25. The summed E-state index contributed by atoms with van der Waals surface area (Å²) < 4.78 is 0. The second kappa shape index (κ2) is 8.45.